The van der Waals surface area contributed by atoms with Crippen molar-refractivity contribution in [3.63, 3.8) is 0 Å². The summed E-state index contributed by atoms with van der Waals surface area (Å²) in [7, 11) is 0. The molecule has 0 N–H and O–H groups in total. The van der Waals surface area contributed by atoms with Gasteiger partial charge in [0.1, 0.15) is 0 Å². The molecule has 0 saturated carbocycles. The van der Waals surface area contributed by atoms with Crippen molar-refractivity contribution in [1.82, 2.24) is 0 Å². The maximum Gasteiger partial charge on any atom is 0.0540 e. The van der Waals surface area contributed by atoms with Crippen LogP contribution in [-0.4, -0.2) is 0 Å². The van der Waals surface area contributed by atoms with Gasteiger partial charge in [-0.05, 0) is 189 Å². The molecule has 0 heterocycles. The highest BCUT2D eigenvalue weighted by Crippen LogP contribution is 2.57. The zero-order valence-corrected chi connectivity index (χ0v) is 52.5. The van der Waals surface area contributed by atoms with Crippen molar-refractivity contribution in [2.45, 2.75) is 18.3 Å². The van der Waals surface area contributed by atoms with Crippen molar-refractivity contribution >= 4 is 111 Å². The predicted molar refractivity (Wildman–Crippen MR) is 402 cm³/mol. The summed E-state index contributed by atoms with van der Waals surface area (Å²) < 4.78 is 0. The fraction of sp³-hybridized carbons (Fsp3) is 0.0330. The summed E-state index contributed by atoms with van der Waals surface area (Å²) in [5.41, 5.74) is 20.2. The monoisotopic (exact) mass is 1210 g/mol. The van der Waals surface area contributed by atoms with Crippen molar-refractivity contribution in [3.8, 4) is 11.1 Å². The van der Waals surface area contributed by atoms with E-state index in [-0.39, 0.29) is 0 Å². The smallest absolute Gasteiger partial charge is 0.0540 e. The lowest BCUT2D eigenvalue weighted by Crippen LogP contribution is -2.31. The second-order valence-corrected chi connectivity index (χ2v) is 24.9. The largest absolute Gasteiger partial charge is 0.310 e. The lowest BCUT2D eigenvalue weighted by molar-refractivity contribution is 0.520. The zero-order valence-electron chi connectivity index (χ0n) is 52.5. The molecule has 0 atom stereocenters. The average Bonchev–Trinajstić information content (AvgIpc) is 1.56. The van der Waals surface area contributed by atoms with Crippen LogP contribution in [0.3, 0.4) is 0 Å². The van der Waals surface area contributed by atoms with E-state index >= 15 is 0 Å². The minimum atomic E-state index is -0.633. The van der Waals surface area contributed by atoms with Gasteiger partial charge in [0.15, 0.2) is 0 Å². The van der Waals surface area contributed by atoms with Crippen LogP contribution in [0.15, 0.2) is 376 Å². The maximum absolute atomic E-state index is 2.54. The Morgan fingerprint density at radius 2 is 0.421 bits per heavy atom. The SMILES string of the molecule is c1ccc(N(c2ccc(CC3(Cc4ccc(N(c5ccccc5)c5cccc6ccccc56)cc4)c4cc(N(c5ccccc5)c5cccc6ccccc56)ccc4-c4ccc(N(c5ccccc5)c5cccc6ccccc56)cc43)cc2)c2cccc3ccccc23)cc1. The molecule has 1 aliphatic rings. The molecule has 0 aromatic heterocycles. The van der Waals surface area contributed by atoms with E-state index in [0.717, 1.165) is 68.2 Å². The summed E-state index contributed by atoms with van der Waals surface area (Å²) in [5, 5.41) is 9.57. The van der Waals surface area contributed by atoms with Crippen molar-refractivity contribution in [3.05, 3.63) is 398 Å². The van der Waals surface area contributed by atoms with Crippen molar-refractivity contribution in [2.24, 2.45) is 0 Å². The number of hydrogen-bond acceptors (Lipinski definition) is 4. The first-order valence-corrected chi connectivity index (χ1v) is 32.9. The van der Waals surface area contributed by atoms with E-state index in [9.17, 15) is 0 Å². The van der Waals surface area contributed by atoms with Gasteiger partial charge in [0, 0.05) is 72.5 Å². The highest BCUT2D eigenvalue weighted by atomic mass is 15.2. The molecule has 0 saturated heterocycles. The number of fused-ring (bicyclic) bond motifs is 7. The summed E-state index contributed by atoms with van der Waals surface area (Å²) in [6.07, 6.45) is 1.40. The molecule has 16 aromatic carbocycles. The molecule has 0 spiro atoms. The van der Waals surface area contributed by atoms with E-state index in [4.69, 9.17) is 0 Å². The lowest BCUT2D eigenvalue weighted by Gasteiger charge is -2.36. The molecule has 0 bridgehead atoms. The van der Waals surface area contributed by atoms with Gasteiger partial charge in [0.05, 0.1) is 22.7 Å². The van der Waals surface area contributed by atoms with E-state index in [1.807, 2.05) is 0 Å². The van der Waals surface area contributed by atoms with Gasteiger partial charge < -0.3 is 19.6 Å². The van der Waals surface area contributed by atoms with Gasteiger partial charge in [-0.3, -0.25) is 0 Å². The highest BCUT2D eigenvalue weighted by Gasteiger charge is 2.45. The van der Waals surface area contributed by atoms with Gasteiger partial charge in [-0.1, -0.05) is 255 Å². The Hall–Kier alpha value is -12.2. The molecule has 0 unspecified atom stereocenters. The number of para-hydroxylation sites is 4. The molecular weight excluding hydrogens is 1150 g/mol. The van der Waals surface area contributed by atoms with Gasteiger partial charge in [-0.25, -0.2) is 0 Å². The third kappa shape index (κ3) is 10.4. The van der Waals surface area contributed by atoms with Crippen molar-refractivity contribution < 1.29 is 0 Å². The lowest BCUT2D eigenvalue weighted by atomic mass is 9.69. The second-order valence-electron chi connectivity index (χ2n) is 24.9. The molecule has 16 aromatic rings. The van der Waals surface area contributed by atoms with E-state index < -0.39 is 5.41 Å². The number of rotatable bonds is 16. The maximum atomic E-state index is 2.54. The molecule has 450 valence electrons. The van der Waals surface area contributed by atoms with Gasteiger partial charge in [0.2, 0.25) is 0 Å². The van der Waals surface area contributed by atoms with Crippen LogP contribution in [0, 0.1) is 0 Å². The third-order valence-corrected chi connectivity index (χ3v) is 19.3. The van der Waals surface area contributed by atoms with Gasteiger partial charge in [0.25, 0.3) is 0 Å². The molecule has 4 heteroatoms. The van der Waals surface area contributed by atoms with Crippen LogP contribution in [0.4, 0.5) is 68.2 Å². The standard InChI is InChI=1S/C91H66N4/c1-5-33-71(34-6-1)92(87-45-21-29-67-25-13-17-41-79(67)87)75-53-49-65(50-54-75)63-91(64-66-51-55-76(56-52-66)93(72-35-7-2-8-36-72)88-46-22-30-68-26-14-18-42-80(68)88)85-61-77(94(73-37-9-3-10-38-73)89-47-23-31-69-27-15-19-43-81(69)89)57-59-83(85)84-60-58-78(62-86(84)91)95(74-39-11-4-12-40-74)90-48-24-32-70-28-16-20-44-82(70)90/h1-62H,63-64H2. The Labute approximate surface area is 555 Å². The normalized spacial score (nSPS) is 12.2. The fourth-order valence-electron chi connectivity index (χ4n) is 15.0. The Bertz CT molecular complexity index is 5080. The average molecular weight is 1220 g/mol. The van der Waals surface area contributed by atoms with Crippen LogP contribution in [0.25, 0.3) is 54.2 Å². The summed E-state index contributed by atoms with van der Waals surface area (Å²) in [4.78, 5) is 9.77. The topological polar surface area (TPSA) is 13.0 Å². The molecule has 0 fully saturated rings. The zero-order chi connectivity index (χ0) is 63.1. The van der Waals surface area contributed by atoms with Crippen LogP contribution >= 0.6 is 0 Å². The van der Waals surface area contributed by atoms with Crippen LogP contribution in [0.1, 0.15) is 22.3 Å². The van der Waals surface area contributed by atoms with Gasteiger partial charge >= 0.3 is 0 Å². The molecule has 0 aliphatic heterocycles. The molecule has 17 rings (SSSR count). The Morgan fingerprint density at radius 3 is 0.716 bits per heavy atom. The molecule has 1 aliphatic carbocycles. The summed E-state index contributed by atoms with van der Waals surface area (Å²) in [6.45, 7) is 0. The summed E-state index contributed by atoms with van der Waals surface area (Å²) >= 11 is 0. The Morgan fingerprint density at radius 1 is 0.189 bits per heavy atom. The first-order valence-electron chi connectivity index (χ1n) is 32.9. The third-order valence-electron chi connectivity index (χ3n) is 19.3. The summed E-state index contributed by atoms with van der Waals surface area (Å²) in [6, 6.07) is 139. The van der Waals surface area contributed by atoms with Crippen LogP contribution in [-0.2, 0) is 18.3 Å². The number of hydrogen-bond donors (Lipinski definition) is 0. The fourth-order valence-corrected chi connectivity index (χ4v) is 15.0. The Kier molecular flexibility index (Phi) is 14.6. The predicted octanol–water partition coefficient (Wildman–Crippen LogP) is 24.9. The minimum Gasteiger partial charge on any atom is -0.310 e. The second kappa shape index (κ2) is 24.4. The molecular formula is C91H66N4. The van der Waals surface area contributed by atoms with E-state index in [0.29, 0.717) is 12.8 Å². The molecule has 4 nitrogen and oxygen atoms in total. The van der Waals surface area contributed by atoms with E-state index in [1.54, 1.807) is 0 Å². The molecule has 0 amide bonds. The molecule has 95 heavy (non-hydrogen) atoms. The highest BCUT2D eigenvalue weighted by molar-refractivity contribution is 6.03. The molecule has 0 radical (unpaired) electrons. The van der Waals surface area contributed by atoms with Crippen LogP contribution in [0.2, 0.25) is 0 Å². The van der Waals surface area contributed by atoms with Crippen molar-refractivity contribution in [1.29, 1.82) is 0 Å². The van der Waals surface area contributed by atoms with Gasteiger partial charge in [-0.2, -0.15) is 0 Å². The Balaban J connectivity index is 0.895. The van der Waals surface area contributed by atoms with E-state index in [2.05, 4.69) is 396 Å². The van der Waals surface area contributed by atoms with Gasteiger partial charge in [-0.15, -0.1) is 0 Å². The van der Waals surface area contributed by atoms with Crippen molar-refractivity contribution in [2.75, 3.05) is 19.6 Å². The summed E-state index contributed by atoms with van der Waals surface area (Å²) in [5.74, 6) is 0. The van der Waals surface area contributed by atoms with Crippen LogP contribution < -0.4 is 19.6 Å². The first kappa shape index (κ1) is 56.7. The quantitative estimate of drug-likeness (QED) is 0.0956. The number of anilines is 12. The number of nitrogens with zero attached hydrogens (tertiary/aromatic N) is 4. The minimum absolute atomic E-state index is 0.633. The van der Waals surface area contributed by atoms with E-state index in [1.165, 1.54) is 76.5 Å². The number of benzene rings is 16. The first-order chi connectivity index (χ1) is 47.1. The van der Waals surface area contributed by atoms with Crippen LogP contribution in [0.5, 0.6) is 0 Å².